The summed E-state index contributed by atoms with van der Waals surface area (Å²) in [5.74, 6) is -0.367. The molecule has 1 saturated heterocycles. The van der Waals surface area contributed by atoms with Crippen LogP contribution in [-0.2, 0) is 4.74 Å². The van der Waals surface area contributed by atoms with Gasteiger partial charge in [0.05, 0.1) is 24.0 Å². The van der Waals surface area contributed by atoms with Crippen LogP contribution in [0, 0.1) is 0 Å². The number of nitrogen functional groups attached to an aromatic ring is 1. The highest BCUT2D eigenvalue weighted by molar-refractivity contribution is 5.91. The van der Waals surface area contributed by atoms with Crippen molar-refractivity contribution >= 4 is 17.3 Å². The minimum atomic E-state index is -0.367. The minimum Gasteiger partial charge on any atom is -0.465 e. The first-order valence-corrected chi connectivity index (χ1v) is 7.07. The molecule has 5 nitrogen and oxygen atoms in total. The maximum Gasteiger partial charge on any atom is 0.337 e. The van der Waals surface area contributed by atoms with Gasteiger partial charge in [0, 0.05) is 12.6 Å². The lowest BCUT2D eigenvalue weighted by Gasteiger charge is -2.22. The predicted octanol–water partition coefficient (Wildman–Crippen LogP) is 1.95. The zero-order chi connectivity index (χ0) is 14.5. The molecule has 0 bridgehead atoms. The molecule has 110 valence electrons. The van der Waals surface area contributed by atoms with E-state index in [1.807, 2.05) is 6.07 Å². The first kappa shape index (κ1) is 14.7. The third-order valence-corrected chi connectivity index (χ3v) is 3.61. The molecule has 0 aliphatic carbocycles. The number of carbonyl (C=O) groups is 1. The van der Waals surface area contributed by atoms with Crippen LogP contribution in [0.3, 0.4) is 0 Å². The third-order valence-electron chi connectivity index (χ3n) is 3.61. The van der Waals surface area contributed by atoms with E-state index in [1.165, 1.54) is 33.0 Å². The average Bonchev–Trinajstić information content (AvgIpc) is 2.93. The van der Waals surface area contributed by atoms with Gasteiger partial charge in [0.25, 0.3) is 0 Å². The molecule has 0 spiro atoms. The van der Waals surface area contributed by atoms with E-state index in [-0.39, 0.29) is 5.97 Å². The van der Waals surface area contributed by atoms with E-state index in [1.54, 1.807) is 12.1 Å². The molecule has 0 aromatic heterocycles. The van der Waals surface area contributed by atoms with Crippen LogP contribution < -0.4 is 11.1 Å². The lowest BCUT2D eigenvalue weighted by atomic mass is 10.1. The van der Waals surface area contributed by atoms with Crippen molar-refractivity contribution in [2.24, 2.45) is 0 Å². The number of methoxy groups -OCH3 is 1. The second-order valence-electron chi connectivity index (χ2n) is 5.35. The summed E-state index contributed by atoms with van der Waals surface area (Å²) in [4.78, 5) is 13.9. The second-order valence-corrected chi connectivity index (χ2v) is 5.35. The van der Waals surface area contributed by atoms with Crippen LogP contribution in [0.5, 0.6) is 0 Å². The maximum atomic E-state index is 11.4. The first-order valence-electron chi connectivity index (χ1n) is 7.07. The normalized spacial score (nSPS) is 16.9. The Labute approximate surface area is 120 Å². The molecular formula is C15H23N3O2. The number of ether oxygens (including phenoxy) is 1. The smallest absolute Gasteiger partial charge is 0.337 e. The summed E-state index contributed by atoms with van der Waals surface area (Å²) in [5, 5.41) is 3.40. The largest absolute Gasteiger partial charge is 0.465 e. The van der Waals surface area contributed by atoms with Gasteiger partial charge in [-0.05, 0) is 51.1 Å². The van der Waals surface area contributed by atoms with Crippen LogP contribution in [0.2, 0.25) is 0 Å². The summed E-state index contributed by atoms with van der Waals surface area (Å²) >= 11 is 0. The van der Waals surface area contributed by atoms with Gasteiger partial charge in [0.2, 0.25) is 0 Å². The van der Waals surface area contributed by atoms with Crippen LogP contribution in [0.1, 0.15) is 30.1 Å². The summed E-state index contributed by atoms with van der Waals surface area (Å²) in [6, 6.07) is 5.53. The number of nitrogens with zero attached hydrogens (tertiary/aromatic N) is 1. The summed E-state index contributed by atoms with van der Waals surface area (Å²) in [7, 11) is 1.36. The monoisotopic (exact) mass is 277 g/mol. The van der Waals surface area contributed by atoms with Gasteiger partial charge < -0.3 is 20.7 Å². The Morgan fingerprint density at radius 3 is 2.75 bits per heavy atom. The van der Waals surface area contributed by atoms with E-state index in [2.05, 4.69) is 21.9 Å². The van der Waals surface area contributed by atoms with Crippen molar-refractivity contribution in [3.63, 3.8) is 0 Å². The van der Waals surface area contributed by atoms with E-state index in [0.717, 1.165) is 12.2 Å². The zero-order valence-electron chi connectivity index (χ0n) is 12.2. The number of hydrogen-bond acceptors (Lipinski definition) is 5. The quantitative estimate of drug-likeness (QED) is 0.636. The Bertz CT molecular complexity index is 470. The second kappa shape index (κ2) is 6.61. The number of anilines is 2. The van der Waals surface area contributed by atoms with E-state index in [4.69, 9.17) is 5.73 Å². The molecular weight excluding hydrogens is 254 g/mol. The first-order chi connectivity index (χ1) is 9.60. The fourth-order valence-corrected chi connectivity index (χ4v) is 2.60. The van der Waals surface area contributed by atoms with Crippen molar-refractivity contribution in [3.05, 3.63) is 23.8 Å². The molecule has 1 aliphatic heterocycles. The highest BCUT2D eigenvalue weighted by Gasteiger charge is 2.15. The van der Waals surface area contributed by atoms with Gasteiger partial charge in [0.1, 0.15) is 0 Å². The summed E-state index contributed by atoms with van der Waals surface area (Å²) in [6.07, 6.45) is 2.59. The Kier molecular flexibility index (Phi) is 4.84. The fourth-order valence-electron chi connectivity index (χ4n) is 2.60. The van der Waals surface area contributed by atoms with Crippen LogP contribution in [0.25, 0.3) is 0 Å². The number of likely N-dealkylation sites (tertiary alicyclic amines) is 1. The van der Waals surface area contributed by atoms with Crippen molar-refractivity contribution in [1.29, 1.82) is 0 Å². The van der Waals surface area contributed by atoms with Crippen molar-refractivity contribution in [2.75, 3.05) is 37.8 Å². The zero-order valence-corrected chi connectivity index (χ0v) is 12.2. The molecule has 1 fully saturated rings. The van der Waals surface area contributed by atoms with Gasteiger partial charge in [-0.3, -0.25) is 0 Å². The molecule has 0 saturated carbocycles. The molecule has 1 atom stereocenters. The molecule has 1 aromatic carbocycles. The molecule has 20 heavy (non-hydrogen) atoms. The Morgan fingerprint density at radius 1 is 1.45 bits per heavy atom. The minimum absolute atomic E-state index is 0.319. The number of rotatable bonds is 5. The maximum absolute atomic E-state index is 11.4. The Balaban J connectivity index is 1.96. The van der Waals surface area contributed by atoms with Crippen LogP contribution in [-0.4, -0.2) is 43.7 Å². The molecule has 1 aliphatic rings. The van der Waals surface area contributed by atoms with Gasteiger partial charge in [-0.25, -0.2) is 4.79 Å². The van der Waals surface area contributed by atoms with Crippen molar-refractivity contribution < 1.29 is 9.53 Å². The lowest BCUT2D eigenvalue weighted by molar-refractivity contribution is 0.0601. The van der Waals surface area contributed by atoms with Crippen LogP contribution >= 0.6 is 0 Å². The van der Waals surface area contributed by atoms with Gasteiger partial charge in [-0.1, -0.05) is 0 Å². The number of benzene rings is 1. The molecule has 2 rings (SSSR count). The van der Waals surface area contributed by atoms with E-state index >= 15 is 0 Å². The van der Waals surface area contributed by atoms with E-state index < -0.39 is 0 Å². The molecule has 0 amide bonds. The Morgan fingerprint density at radius 2 is 2.15 bits per heavy atom. The number of carbonyl (C=O) groups excluding carboxylic acids is 1. The fraction of sp³-hybridized carbons (Fsp3) is 0.533. The topological polar surface area (TPSA) is 67.6 Å². The lowest BCUT2D eigenvalue weighted by Crippen LogP contribution is -2.33. The summed E-state index contributed by atoms with van der Waals surface area (Å²) < 4.78 is 4.68. The SMILES string of the molecule is COC(=O)c1ccc(NC(C)CN2CCCC2)c(N)c1. The van der Waals surface area contributed by atoms with E-state index in [9.17, 15) is 4.79 Å². The van der Waals surface area contributed by atoms with Crippen molar-refractivity contribution in [2.45, 2.75) is 25.8 Å². The average molecular weight is 277 g/mol. The predicted molar refractivity (Wildman–Crippen MR) is 81.0 cm³/mol. The highest BCUT2D eigenvalue weighted by atomic mass is 16.5. The van der Waals surface area contributed by atoms with Gasteiger partial charge in [-0.2, -0.15) is 0 Å². The standard InChI is InChI=1S/C15H23N3O2/c1-11(10-18-7-3-4-8-18)17-14-6-5-12(9-13(14)16)15(19)20-2/h5-6,9,11,17H,3-4,7-8,10,16H2,1-2H3. The van der Waals surface area contributed by atoms with Gasteiger partial charge in [0.15, 0.2) is 0 Å². The molecule has 1 unspecified atom stereocenters. The van der Waals surface area contributed by atoms with E-state index in [0.29, 0.717) is 17.3 Å². The Hall–Kier alpha value is -1.75. The van der Waals surface area contributed by atoms with Crippen molar-refractivity contribution in [1.82, 2.24) is 4.90 Å². The number of nitrogens with two attached hydrogens (primary N) is 1. The molecule has 1 aromatic rings. The van der Waals surface area contributed by atoms with Crippen molar-refractivity contribution in [3.8, 4) is 0 Å². The number of esters is 1. The molecule has 5 heteroatoms. The third kappa shape index (κ3) is 3.63. The summed E-state index contributed by atoms with van der Waals surface area (Å²) in [5.41, 5.74) is 7.90. The molecule has 1 heterocycles. The number of nitrogens with one attached hydrogen (secondary N) is 1. The molecule has 3 N–H and O–H groups in total. The van der Waals surface area contributed by atoms with Crippen LogP contribution in [0.15, 0.2) is 18.2 Å². The number of hydrogen-bond donors (Lipinski definition) is 2. The van der Waals surface area contributed by atoms with Gasteiger partial charge >= 0.3 is 5.97 Å². The summed E-state index contributed by atoms with van der Waals surface area (Å²) in [6.45, 7) is 5.52. The molecule has 0 radical (unpaired) electrons. The highest BCUT2D eigenvalue weighted by Crippen LogP contribution is 2.21. The van der Waals surface area contributed by atoms with Crippen LogP contribution in [0.4, 0.5) is 11.4 Å². The van der Waals surface area contributed by atoms with Gasteiger partial charge in [-0.15, -0.1) is 0 Å².